The van der Waals surface area contributed by atoms with Gasteiger partial charge in [-0.05, 0) is 51.8 Å². The number of aliphatic imine (C=N–C) groups is 1. The minimum Gasteiger partial charge on any atom is -0.402 e. The molecule has 0 radical (unpaired) electrons. The molecule has 0 atom stereocenters. The first-order valence-corrected chi connectivity index (χ1v) is 7.89. The van der Waals surface area contributed by atoms with Crippen LogP contribution < -0.4 is 4.90 Å². The van der Waals surface area contributed by atoms with Crippen molar-refractivity contribution in [3.8, 4) is 0 Å². The summed E-state index contributed by atoms with van der Waals surface area (Å²) < 4.78 is 6.20. The van der Waals surface area contributed by atoms with Gasteiger partial charge in [0.25, 0.3) is 0 Å². The summed E-state index contributed by atoms with van der Waals surface area (Å²) in [6, 6.07) is 15.3. The molecule has 1 aliphatic rings. The molecule has 0 N–H and O–H groups in total. The molecule has 0 amide bonds. The number of hydrogen-bond acceptors (Lipinski definition) is 4. The van der Waals surface area contributed by atoms with Gasteiger partial charge in [-0.2, -0.15) is 0 Å². The largest absolute Gasteiger partial charge is 0.402 e. The number of halogens is 1. The zero-order valence-corrected chi connectivity index (χ0v) is 14.4. The molecule has 23 heavy (non-hydrogen) atoms. The zero-order valence-electron chi connectivity index (χ0n) is 12.8. The van der Waals surface area contributed by atoms with E-state index >= 15 is 0 Å². The maximum absolute atomic E-state index is 12.0. The summed E-state index contributed by atoms with van der Waals surface area (Å²) in [6.45, 7) is 0. The number of ether oxygens (including phenoxy) is 1. The standard InChI is InChI=1S/C18H15BrN2O2/c1-21(2)16-9-8-12(10-14(16)19)11-15-18(22)23-17(20-15)13-6-4-3-5-7-13/h3-11H,1-2H3/b15-11+. The van der Waals surface area contributed by atoms with Crippen molar-refractivity contribution in [3.05, 3.63) is 69.8 Å². The van der Waals surface area contributed by atoms with Gasteiger partial charge >= 0.3 is 5.97 Å². The molecule has 0 fully saturated rings. The molecular formula is C18H15BrN2O2. The van der Waals surface area contributed by atoms with E-state index in [1.165, 1.54) is 0 Å². The Hall–Kier alpha value is -2.40. The monoisotopic (exact) mass is 370 g/mol. The van der Waals surface area contributed by atoms with Gasteiger partial charge in [-0.3, -0.25) is 0 Å². The Morgan fingerprint density at radius 3 is 2.52 bits per heavy atom. The summed E-state index contributed by atoms with van der Waals surface area (Å²) in [4.78, 5) is 18.3. The maximum atomic E-state index is 12.0. The number of benzene rings is 2. The second-order valence-corrected chi connectivity index (χ2v) is 6.16. The number of carbonyl (C=O) groups is 1. The van der Waals surface area contributed by atoms with E-state index in [0.29, 0.717) is 11.6 Å². The van der Waals surface area contributed by atoms with Gasteiger partial charge in [0.15, 0.2) is 5.70 Å². The summed E-state index contributed by atoms with van der Waals surface area (Å²) in [7, 11) is 3.95. The predicted molar refractivity (Wildman–Crippen MR) is 95.5 cm³/mol. The SMILES string of the molecule is CN(C)c1ccc(/C=C2/N=C(c3ccccc3)OC2=O)cc1Br. The van der Waals surface area contributed by atoms with E-state index in [-0.39, 0.29) is 0 Å². The molecule has 1 heterocycles. The second-order valence-electron chi connectivity index (χ2n) is 5.31. The molecule has 0 aliphatic carbocycles. The van der Waals surface area contributed by atoms with Gasteiger partial charge in [-0.1, -0.05) is 24.3 Å². The lowest BCUT2D eigenvalue weighted by molar-refractivity contribution is -0.129. The van der Waals surface area contributed by atoms with E-state index in [1.807, 2.05) is 67.5 Å². The highest BCUT2D eigenvalue weighted by molar-refractivity contribution is 9.10. The van der Waals surface area contributed by atoms with Crippen LogP contribution in [0.15, 0.2) is 63.7 Å². The fourth-order valence-corrected chi connectivity index (χ4v) is 3.00. The van der Waals surface area contributed by atoms with Crippen molar-refractivity contribution in [1.29, 1.82) is 0 Å². The highest BCUT2D eigenvalue weighted by Crippen LogP contribution is 2.27. The molecule has 0 spiro atoms. The van der Waals surface area contributed by atoms with Gasteiger partial charge in [-0.15, -0.1) is 0 Å². The van der Waals surface area contributed by atoms with E-state index in [2.05, 4.69) is 20.9 Å². The first kappa shape index (κ1) is 15.5. The Kier molecular flexibility index (Phi) is 4.30. The van der Waals surface area contributed by atoms with Gasteiger partial charge < -0.3 is 9.64 Å². The molecule has 4 nitrogen and oxygen atoms in total. The number of rotatable bonds is 3. The Bertz CT molecular complexity index is 811. The summed E-state index contributed by atoms with van der Waals surface area (Å²) in [5, 5.41) is 0. The minimum absolute atomic E-state index is 0.299. The Balaban J connectivity index is 1.92. The minimum atomic E-state index is -0.434. The normalized spacial score (nSPS) is 15.5. The number of carbonyl (C=O) groups excluding carboxylic acids is 1. The average molecular weight is 371 g/mol. The van der Waals surface area contributed by atoms with Crippen molar-refractivity contribution in [1.82, 2.24) is 0 Å². The average Bonchev–Trinajstić information content (AvgIpc) is 2.89. The molecule has 0 aromatic heterocycles. The summed E-state index contributed by atoms with van der Waals surface area (Å²) in [5.74, 6) is -0.0949. The van der Waals surface area contributed by atoms with Crippen LogP contribution in [0.1, 0.15) is 11.1 Å². The van der Waals surface area contributed by atoms with E-state index in [9.17, 15) is 4.79 Å². The van der Waals surface area contributed by atoms with Gasteiger partial charge in [-0.25, -0.2) is 9.79 Å². The maximum Gasteiger partial charge on any atom is 0.363 e. The Morgan fingerprint density at radius 1 is 1.13 bits per heavy atom. The van der Waals surface area contributed by atoms with E-state index < -0.39 is 5.97 Å². The fraction of sp³-hybridized carbons (Fsp3) is 0.111. The number of esters is 1. The number of anilines is 1. The van der Waals surface area contributed by atoms with Gasteiger partial charge in [0.2, 0.25) is 5.90 Å². The highest BCUT2D eigenvalue weighted by atomic mass is 79.9. The third-order valence-corrected chi connectivity index (χ3v) is 4.03. The van der Waals surface area contributed by atoms with Crippen molar-refractivity contribution < 1.29 is 9.53 Å². The molecule has 2 aromatic rings. The molecule has 2 aromatic carbocycles. The van der Waals surface area contributed by atoms with Gasteiger partial charge in [0.1, 0.15) is 0 Å². The Morgan fingerprint density at radius 2 is 1.87 bits per heavy atom. The summed E-state index contributed by atoms with van der Waals surface area (Å²) in [5.41, 5.74) is 3.03. The third-order valence-electron chi connectivity index (χ3n) is 3.40. The van der Waals surface area contributed by atoms with Crippen LogP contribution in [0.2, 0.25) is 0 Å². The van der Waals surface area contributed by atoms with Crippen LogP contribution in [0.5, 0.6) is 0 Å². The summed E-state index contributed by atoms with van der Waals surface area (Å²) in [6.07, 6.45) is 1.72. The van der Waals surface area contributed by atoms with Crippen LogP contribution in [0.3, 0.4) is 0 Å². The van der Waals surface area contributed by atoms with E-state index in [4.69, 9.17) is 4.74 Å². The van der Waals surface area contributed by atoms with Crippen LogP contribution in [0, 0.1) is 0 Å². The number of cyclic esters (lactones) is 1. The van der Waals surface area contributed by atoms with Crippen LogP contribution >= 0.6 is 15.9 Å². The second kappa shape index (κ2) is 6.38. The molecule has 5 heteroatoms. The molecule has 0 saturated heterocycles. The Labute approximate surface area is 143 Å². The summed E-state index contributed by atoms with van der Waals surface area (Å²) >= 11 is 3.54. The van der Waals surface area contributed by atoms with Crippen molar-refractivity contribution in [2.75, 3.05) is 19.0 Å². The third kappa shape index (κ3) is 3.35. The zero-order chi connectivity index (χ0) is 16.4. The van der Waals surface area contributed by atoms with Crippen LogP contribution in [0.25, 0.3) is 6.08 Å². The van der Waals surface area contributed by atoms with E-state index in [1.54, 1.807) is 6.08 Å². The smallest absolute Gasteiger partial charge is 0.363 e. The van der Waals surface area contributed by atoms with E-state index in [0.717, 1.165) is 21.3 Å². The van der Waals surface area contributed by atoms with Gasteiger partial charge in [0, 0.05) is 24.1 Å². The number of nitrogens with zero attached hydrogens (tertiary/aromatic N) is 2. The quantitative estimate of drug-likeness (QED) is 0.608. The van der Waals surface area contributed by atoms with Crippen molar-refractivity contribution in [2.45, 2.75) is 0 Å². The molecule has 1 aliphatic heterocycles. The first-order valence-electron chi connectivity index (χ1n) is 7.09. The molecule has 0 saturated carbocycles. The van der Waals surface area contributed by atoms with Crippen LogP contribution in [-0.2, 0) is 9.53 Å². The first-order chi connectivity index (χ1) is 11.0. The lowest BCUT2D eigenvalue weighted by Gasteiger charge is -2.14. The van der Waals surface area contributed by atoms with Gasteiger partial charge in [0.05, 0.1) is 5.69 Å². The fourth-order valence-electron chi connectivity index (χ4n) is 2.25. The van der Waals surface area contributed by atoms with Crippen molar-refractivity contribution >= 4 is 39.6 Å². The predicted octanol–water partition coefficient (Wildman–Crippen LogP) is 3.86. The van der Waals surface area contributed by atoms with Crippen LogP contribution in [-0.4, -0.2) is 26.0 Å². The topological polar surface area (TPSA) is 41.9 Å². The number of hydrogen-bond donors (Lipinski definition) is 0. The molecule has 0 unspecified atom stereocenters. The van der Waals surface area contributed by atoms with Crippen LogP contribution in [0.4, 0.5) is 5.69 Å². The molecule has 0 bridgehead atoms. The molecule has 3 rings (SSSR count). The molecular weight excluding hydrogens is 356 g/mol. The van der Waals surface area contributed by atoms with Crippen molar-refractivity contribution in [2.24, 2.45) is 4.99 Å². The highest BCUT2D eigenvalue weighted by Gasteiger charge is 2.23. The van der Waals surface area contributed by atoms with Crippen molar-refractivity contribution in [3.63, 3.8) is 0 Å². The lowest BCUT2D eigenvalue weighted by Crippen LogP contribution is -2.09. The molecule has 116 valence electrons. The lowest BCUT2D eigenvalue weighted by atomic mass is 10.1.